The standard InChI is InChI=1S/C17H19N5O/c1-12-6-7-13(2)22(12)9-8-16(23)20-15-5-3-4-14(10-15)17-18-11-19-21-17/h3-7,10-11H,8-9H2,1-2H3,(H,20,23)(H,18,19,21). The van der Waals surface area contributed by atoms with Gasteiger partial charge in [-0.15, -0.1) is 0 Å². The van der Waals surface area contributed by atoms with Gasteiger partial charge in [0.15, 0.2) is 5.82 Å². The maximum Gasteiger partial charge on any atom is 0.226 e. The predicted molar refractivity (Wildman–Crippen MR) is 89.0 cm³/mol. The molecule has 6 heteroatoms. The Balaban J connectivity index is 1.63. The van der Waals surface area contributed by atoms with Gasteiger partial charge in [-0.1, -0.05) is 12.1 Å². The van der Waals surface area contributed by atoms with Gasteiger partial charge in [-0.05, 0) is 38.1 Å². The van der Waals surface area contributed by atoms with E-state index in [0.717, 1.165) is 11.3 Å². The molecule has 0 aliphatic heterocycles. The summed E-state index contributed by atoms with van der Waals surface area (Å²) in [6, 6.07) is 11.7. The summed E-state index contributed by atoms with van der Waals surface area (Å²) >= 11 is 0. The number of carbonyl (C=O) groups is 1. The lowest BCUT2D eigenvalue weighted by Gasteiger charge is -2.10. The average molecular weight is 309 g/mol. The van der Waals surface area contributed by atoms with Gasteiger partial charge in [-0.25, -0.2) is 4.98 Å². The van der Waals surface area contributed by atoms with Crippen LogP contribution in [-0.4, -0.2) is 25.7 Å². The monoisotopic (exact) mass is 309 g/mol. The molecule has 2 aromatic heterocycles. The molecule has 0 aliphatic carbocycles. The molecule has 0 saturated carbocycles. The topological polar surface area (TPSA) is 75.6 Å². The minimum Gasteiger partial charge on any atom is -0.349 e. The normalized spacial score (nSPS) is 10.7. The quantitative estimate of drug-likeness (QED) is 0.761. The third-order valence-electron chi connectivity index (χ3n) is 3.81. The number of H-pyrrole nitrogens is 1. The van der Waals surface area contributed by atoms with Gasteiger partial charge in [-0.2, -0.15) is 5.10 Å². The van der Waals surface area contributed by atoms with Crippen LogP contribution >= 0.6 is 0 Å². The summed E-state index contributed by atoms with van der Waals surface area (Å²) in [6.07, 6.45) is 1.89. The summed E-state index contributed by atoms with van der Waals surface area (Å²) in [5.74, 6) is 0.673. The number of carbonyl (C=O) groups excluding carboxylic acids is 1. The molecule has 0 unspecified atom stereocenters. The molecule has 0 spiro atoms. The summed E-state index contributed by atoms with van der Waals surface area (Å²) in [5.41, 5.74) is 3.98. The van der Waals surface area contributed by atoms with E-state index in [1.807, 2.05) is 38.1 Å². The van der Waals surface area contributed by atoms with Crippen LogP contribution in [0.3, 0.4) is 0 Å². The fourth-order valence-electron chi connectivity index (χ4n) is 2.58. The number of anilines is 1. The summed E-state index contributed by atoms with van der Waals surface area (Å²) in [7, 11) is 0. The van der Waals surface area contributed by atoms with E-state index in [1.54, 1.807) is 0 Å². The molecule has 2 heterocycles. The van der Waals surface area contributed by atoms with Crippen LogP contribution in [0.5, 0.6) is 0 Å². The summed E-state index contributed by atoms with van der Waals surface area (Å²) in [4.78, 5) is 16.3. The highest BCUT2D eigenvalue weighted by molar-refractivity contribution is 5.91. The fraction of sp³-hybridized carbons (Fsp3) is 0.235. The SMILES string of the molecule is Cc1ccc(C)n1CCC(=O)Nc1cccc(-c2ncn[nH]2)c1. The van der Waals surface area contributed by atoms with E-state index >= 15 is 0 Å². The molecule has 1 amide bonds. The zero-order chi connectivity index (χ0) is 16.2. The molecular weight excluding hydrogens is 290 g/mol. The Bertz CT molecular complexity index is 785. The smallest absolute Gasteiger partial charge is 0.226 e. The fourth-order valence-corrected chi connectivity index (χ4v) is 2.58. The second-order valence-electron chi connectivity index (χ2n) is 5.48. The zero-order valence-electron chi connectivity index (χ0n) is 13.2. The number of benzene rings is 1. The van der Waals surface area contributed by atoms with E-state index in [1.165, 1.54) is 17.7 Å². The predicted octanol–water partition coefficient (Wildman–Crippen LogP) is 2.92. The third kappa shape index (κ3) is 3.48. The number of amides is 1. The number of hydrogen-bond acceptors (Lipinski definition) is 3. The Morgan fingerprint density at radius 3 is 2.70 bits per heavy atom. The van der Waals surface area contributed by atoms with Crippen molar-refractivity contribution in [1.82, 2.24) is 19.7 Å². The molecule has 2 N–H and O–H groups in total. The van der Waals surface area contributed by atoms with Crippen LogP contribution in [0.2, 0.25) is 0 Å². The van der Waals surface area contributed by atoms with Crippen LogP contribution in [-0.2, 0) is 11.3 Å². The number of nitrogens with one attached hydrogen (secondary N) is 2. The number of rotatable bonds is 5. The highest BCUT2D eigenvalue weighted by atomic mass is 16.1. The maximum atomic E-state index is 12.2. The van der Waals surface area contributed by atoms with Crippen molar-refractivity contribution in [1.29, 1.82) is 0 Å². The van der Waals surface area contributed by atoms with Gasteiger partial charge in [0.2, 0.25) is 5.91 Å². The second-order valence-corrected chi connectivity index (χ2v) is 5.48. The van der Waals surface area contributed by atoms with Crippen molar-refractivity contribution in [3.63, 3.8) is 0 Å². The highest BCUT2D eigenvalue weighted by Crippen LogP contribution is 2.19. The number of hydrogen-bond donors (Lipinski definition) is 2. The Hall–Kier alpha value is -2.89. The van der Waals surface area contributed by atoms with E-state index in [2.05, 4.69) is 37.2 Å². The van der Waals surface area contributed by atoms with Gasteiger partial charge in [-0.3, -0.25) is 9.89 Å². The van der Waals surface area contributed by atoms with Crippen molar-refractivity contribution >= 4 is 11.6 Å². The Kier molecular flexibility index (Phi) is 4.23. The van der Waals surface area contributed by atoms with Crippen LogP contribution in [0.1, 0.15) is 17.8 Å². The lowest BCUT2D eigenvalue weighted by atomic mass is 10.2. The first kappa shape index (κ1) is 15.0. The lowest BCUT2D eigenvalue weighted by molar-refractivity contribution is -0.116. The molecule has 3 aromatic rings. The number of aromatic amines is 1. The van der Waals surface area contributed by atoms with Crippen molar-refractivity contribution in [3.8, 4) is 11.4 Å². The molecule has 0 atom stereocenters. The number of aryl methyl sites for hydroxylation is 2. The first-order valence-corrected chi connectivity index (χ1v) is 7.52. The molecule has 23 heavy (non-hydrogen) atoms. The third-order valence-corrected chi connectivity index (χ3v) is 3.81. The van der Waals surface area contributed by atoms with E-state index in [9.17, 15) is 4.79 Å². The number of aromatic nitrogens is 4. The van der Waals surface area contributed by atoms with E-state index in [0.29, 0.717) is 18.8 Å². The first-order chi connectivity index (χ1) is 11.1. The molecule has 0 aliphatic rings. The van der Waals surface area contributed by atoms with Crippen molar-refractivity contribution in [3.05, 3.63) is 54.1 Å². The van der Waals surface area contributed by atoms with Gasteiger partial charge in [0.05, 0.1) is 0 Å². The number of nitrogens with zero attached hydrogens (tertiary/aromatic N) is 3. The molecule has 0 saturated heterocycles. The van der Waals surface area contributed by atoms with Crippen molar-refractivity contribution < 1.29 is 4.79 Å². The minimum atomic E-state index is -0.00720. The molecule has 3 rings (SSSR count). The van der Waals surface area contributed by atoms with Crippen LogP contribution in [0, 0.1) is 13.8 Å². The van der Waals surface area contributed by atoms with Crippen LogP contribution in [0.15, 0.2) is 42.7 Å². The van der Waals surface area contributed by atoms with E-state index in [-0.39, 0.29) is 5.91 Å². The first-order valence-electron chi connectivity index (χ1n) is 7.52. The minimum absolute atomic E-state index is 0.00720. The summed E-state index contributed by atoms with van der Waals surface area (Å²) < 4.78 is 2.14. The van der Waals surface area contributed by atoms with Crippen LogP contribution in [0.4, 0.5) is 5.69 Å². The van der Waals surface area contributed by atoms with Crippen LogP contribution < -0.4 is 5.32 Å². The molecular formula is C17H19N5O. The van der Waals surface area contributed by atoms with Gasteiger partial charge in [0.1, 0.15) is 6.33 Å². The maximum absolute atomic E-state index is 12.2. The van der Waals surface area contributed by atoms with Crippen LogP contribution in [0.25, 0.3) is 11.4 Å². The Morgan fingerprint density at radius 1 is 1.22 bits per heavy atom. The largest absolute Gasteiger partial charge is 0.349 e. The average Bonchev–Trinajstić information content (AvgIpc) is 3.17. The Labute approximate surface area is 134 Å². The zero-order valence-corrected chi connectivity index (χ0v) is 13.2. The molecule has 0 radical (unpaired) electrons. The van der Waals surface area contributed by atoms with Gasteiger partial charge in [0.25, 0.3) is 0 Å². The summed E-state index contributed by atoms with van der Waals surface area (Å²) in [6.45, 7) is 4.77. The molecule has 118 valence electrons. The summed E-state index contributed by atoms with van der Waals surface area (Å²) in [5, 5.41) is 9.58. The Morgan fingerprint density at radius 2 is 2.00 bits per heavy atom. The lowest BCUT2D eigenvalue weighted by Crippen LogP contribution is -2.15. The second kappa shape index (κ2) is 6.48. The highest BCUT2D eigenvalue weighted by Gasteiger charge is 2.07. The van der Waals surface area contributed by atoms with Crippen molar-refractivity contribution in [2.45, 2.75) is 26.8 Å². The van der Waals surface area contributed by atoms with Gasteiger partial charge >= 0.3 is 0 Å². The van der Waals surface area contributed by atoms with Gasteiger partial charge in [0, 0.05) is 35.6 Å². The molecule has 0 bridgehead atoms. The van der Waals surface area contributed by atoms with E-state index < -0.39 is 0 Å². The van der Waals surface area contributed by atoms with Crippen molar-refractivity contribution in [2.24, 2.45) is 0 Å². The molecule has 6 nitrogen and oxygen atoms in total. The van der Waals surface area contributed by atoms with Crippen molar-refractivity contribution in [2.75, 3.05) is 5.32 Å². The van der Waals surface area contributed by atoms with Gasteiger partial charge < -0.3 is 9.88 Å². The van der Waals surface area contributed by atoms with E-state index in [4.69, 9.17) is 0 Å². The molecule has 1 aromatic carbocycles. The molecule has 0 fully saturated rings.